The van der Waals surface area contributed by atoms with Crippen LogP contribution in [0.25, 0.3) is 0 Å². The highest BCUT2D eigenvalue weighted by Crippen LogP contribution is 2.15. The molecule has 0 aliphatic carbocycles. The van der Waals surface area contributed by atoms with E-state index in [4.69, 9.17) is 14.2 Å². The Hall–Kier alpha value is -2.37. The molecule has 1 unspecified atom stereocenters. The summed E-state index contributed by atoms with van der Waals surface area (Å²) in [5.41, 5.74) is 0. The molecule has 0 amide bonds. The SMILES string of the molecule is CCCCCCC/C=C\C/C=C\CCCCCCCCCCCC(=O)OCC(COC(=O)CCCCCCC)OC(=O)CCCCCCCCC/C=C\CCCCCCCC. The molecule has 0 aromatic rings. The van der Waals surface area contributed by atoms with Crippen LogP contribution < -0.4 is 0 Å². The minimum absolute atomic E-state index is 0.0747. The van der Waals surface area contributed by atoms with Gasteiger partial charge in [-0.05, 0) is 77.0 Å². The first-order valence-corrected chi connectivity index (χ1v) is 26.5. The highest BCUT2D eigenvalue weighted by molar-refractivity contribution is 5.71. The van der Waals surface area contributed by atoms with Crippen molar-refractivity contribution in [2.45, 2.75) is 284 Å². The van der Waals surface area contributed by atoms with Crippen LogP contribution in [0.3, 0.4) is 0 Å². The summed E-state index contributed by atoms with van der Waals surface area (Å²) in [5.74, 6) is -0.888. The van der Waals surface area contributed by atoms with Gasteiger partial charge in [0.05, 0.1) is 0 Å². The van der Waals surface area contributed by atoms with E-state index in [0.29, 0.717) is 19.3 Å². The van der Waals surface area contributed by atoms with Crippen molar-refractivity contribution in [1.82, 2.24) is 0 Å². The first-order chi connectivity index (χ1) is 30.0. The Morgan fingerprint density at radius 1 is 0.328 bits per heavy atom. The minimum atomic E-state index is -0.770. The molecule has 0 aromatic carbocycles. The quantitative estimate of drug-likeness (QED) is 0.0262. The van der Waals surface area contributed by atoms with Crippen LogP contribution in [0.2, 0.25) is 0 Å². The lowest BCUT2D eigenvalue weighted by atomic mass is 10.1. The molecule has 0 spiro atoms. The van der Waals surface area contributed by atoms with Crippen LogP contribution in [-0.2, 0) is 28.6 Å². The molecule has 0 heterocycles. The second-order valence-electron chi connectivity index (χ2n) is 17.8. The molecular formula is C55H100O6. The molecule has 0 aliphatic rings. The zero-order valence-electron chi connectivity index (χ0n) is 40.7. The summed E-state index contributed by atoms with van der Waals surface area (Å²) in [6.07, 6.45) is 58.8. The Bertz CT molecular complexity index is 1030. The van der Waals surface area contributed by atoms with Gasteiger partial charge < -0.3 is 14.2 Å². The minimum Gasteiger partial charge on any atom is -0.462 e. The van der Waals surface area contributed by atoms with Crippen LogP contribution in [-0.4, -0.2) is 37.2 Å². The van der Waals surface area contributed by atoms with E-state index in [-0.39, 0.29) is 31.1 Å². The Labute approximate surface area is 378 Å². The largest absolute Gasteiger partial charge is 0.462 e. The molecule has 6 heteroatoms. The second kappa shape index (κ2) is 50.3. The Morgan fingerprint density at radius 2 is 0.590 bits per heavy atom. The maximum atomic E-state index is 12.7. The highest BCUT2D eigenvalue weighted by atomic mass is 16.6. The molecule has 61 heavy (non-hydrogen) atoms. The molecule has 0 fully saturated rings. The summed E-state index contributed by atoms with van der Waals surface area (Å²) in [6.45, 7) is 6.55. The molecule has 0 saturated carbocycles. The van der Waals surface area contributed by atoms with Crippen LogP contribution in [0.1, 0.15) is 278 Å². The first kappa shape index (κ1) is 58.6. The molecule has 0 radical (unpaired) electrons. The van der Waals surface area contributed by atoms with Gasteiger partial charge in [0.2, 0.25) is 0 Å². The van der Waals surface area contributed by atoms with Crippen molar-refractivity contribution in [3.63, 3.8) is 0 Å². The molecule has 1 atom stereocenters. The second-order valence-corrected chi connectivity index (χ2v) is 17.8. The van der Waals surface area contributed by atoms with Gasteiger partial charge in [-0.1, -0.05) is 218 Å². The van der Waals surface area contributed by atoms with E-state index in [1.807, 2.05) is 0 Å². The fraction of sp³-hybridized carbons (Fsp3) is 0.836. The lowest BCUT2D eigenvalue weighted by Gasteiger charge is -2.18. The number of esters is 3. The van der Waals surface area contributed by atoms with Gasteiger partial charge in [-0.15, -0.1) is 0 Å². The number of unbranched alkanes of at least 4 members (excludes halogenated alkanes) is 31. The van der Waals surface area contributed by atoms with Gasteiger partial charge in [0, 0.05) is 19.3 Å². The number of allylic oxidation sites excluding steroid dienone is 6. The fourth-order valence-electron chi connectivity index (χ4n) is 7.59. The van der Waals surface area contributed by atoms with Crippen molar-refractivity contribution in [1.29, 1.82) is 0 Å². The van der Waals surface area contributed by atoms with E-state index in [1.54, 1.807) is 0 Å². The monoisotopic (exact) mass is 857 g/mol. The summed E-state index contributed by atoms with van der Waals surface area (Å²) in [6, 6.07) is 0. The lowest BCUT2D eigenvalue weighted by molar-refractivity contribution is -0.167. The Kier molecular flexibility index (Phi) is 48.3. The predicted octanol–water partition coefficient (Wildman–Crippen LogP) is 17.3. The van der Waals surface area contributed by atoms with Crippen LogP contribution >= 0.6 is 0 Å². The molecule has 6 nitrogen and oxygen atoms in total. The summed E-state index contributed by atoms with van der Waals surface area (Å²) >= 11 is 0. The number of ether oxygens (including phenoxy) is 3. The number of hydrogen-bond donors (Lipinski definition) is 0. The van der Waals surface area contributed by atoms with Crippen molar-refractivity contribution in [2.75, 3.05) is 13.2 Å². The van der Waals surface area contributed by atoms with E-state index in [2.05, 4.69) is 57.2 Å². The number of hydrogen-bond acceptors (Lipinski definition) is 6. The van der Waals surface area contributed by atoms with Crippen LogP contribution in [0.4, 0.5) is 0 Å². The van der Waals surface area contributed by atoms with Gasteiger partial charge in [-0.3, -0.25) is 14.4 Å². The zero-order valence-corrected chi connectivity index (χ0v) is 40.7. The summed E-state index contributed by atoms with van der Waals surface area (Å²) in [5, 5.41) is 0. The topological polar surface area (TPSA) is 78.9 Å². The van der Waals surface area contributed by atoms with Crippen molar-refractivity contribution in [3.05, 3.63) is 36.5 Å². The van der Waals surface area contributed by atoms with E-state index in [9.17, 15) is 14.4 Å². The smallest absolute Gasteiger partial charge is 0.306 e. The predicted molar refractivity (Wildman–Crippen MR) is 261 cm³/mol. The van der Waals surface area contributed by atoms with E-state index in [1.165, 1.54) is 167 Å². The van der Waals surface area contributed by atoms with Gasteiger partial charge in [0.25, 0.3) is 0 Å². The molecule has 0 aliphatic heterocycles. The third-order valence-corrected chi connectivity index (χ3v) is 11.6. The van der Waals surface area contributed by atoms with Gasteiger partial charge in [0.15, 0.2) is 6.10 Å². The highest BCUT2D eigenvalue weighted by Gasteiger charge is 2.19. The van der Waals surface area contributed by atoms with E-state index in [0.717, 1.165) is 70.6 Å². The first-order valence-electron chi connectivity index (χ1n) is 26.5. The van der Waals surface area contributed by atoms with Crippen LogP contribution in [0.5, 0.6) is 0 Å². The average Bonchev–Trinajstić information content (AvgIpc) is 3.26. The summed E-state index contributed by atoms with van der Waals surface area (Å²) < 4.78 is 16.7. The van der Waals surface area contributed by atoms with Crippen molar-refractivity contribution in [2.24, 2.45) is 0 Å². The molecule has 356 valence electrons. The van der Waals surface area contributed by atoms with Crippen LogP contribution in [0, 0.1) is 0 Å². The molecule has 0 rings (SSSR count). The van der Waals surface area contributed by atoms with Crippen molar-refractivity contribution >= 4 is 17.9 Å². The summed E-state index contributed by atoms with van der Waals surface area (Å²) in [4.78, 5) is 37.7. The number of rotatable bonds is 48. The van der Waals surface area contributed by atoms with Crippen molar-refractivity contribution < 1.29 is 28.6 Å². The van der Waals surface area contributed by atoms with Crippen molar-refractivity contribution in [3.8, 4) is 0 Å². The molecule has 0 N–H and O–H groups in total. The average molecular weight is 857 g/mol. The standard InChI is InChI=1S/C55H100O6/c1-4-7-10-13-15-17-19-21-23-25-26-27-28-30-31-33-35-37-39-42-45-48-54(57)60-51-52(50-59-53(56)47-44-41-12-9-6-3)61-55(58)49-46-43-40-38-36-34-32-29-24-22-20-18-16-14-11-8-5-2/h19,21-22,24-26,52H,4-18,20,23,27-51H2,1-3H3/b21-19-,24-22-,26-25-. The zero-order chi connectivity index (χ0) is 44.4. The summed E-state index contributed by atoms with van der Waals surface area (Å²) in [7, 11) is 0. The Morgan fingerprint density at radius 3 is 0.918 bits per heavy atom. The molecule has 0 aromatic heterocycles. The van der Waals surface area contributed by atoms with Crippen LogP contribution in [0.15, 0.2) is 36.5 Å². The van der Waals surface area contributed by atoms with E-state index < -0.39 is 6.10 Å². The fourth-order valence-corrected chi connectivity index (χ4v) is 7.59. The third kappa shape index (κ3) is 48.5. The number of carbonyl (C=O) groups excluding carboxylic acids is 3. The third-order valence-electron chi connectivity index (χ3n) is 11.6. The molecule has 0 bridgehead atoms. The van der Waals surface area contributed by atoms with Gasteiger partial charge in [-0.25, -0.2) is 0 Å². The van der Waals surface area contributed by atoms with Gasteiger partial charge in [0.1, 0.15) is 13.2 Å². The maximum absolute atomic E-state index is 12.7. The molecular weight excluding hydrogens is 757 g/mol. The number of carbonyl (C=O) groups is 3. The normalized spacial score (nSPS) is 12.2. The van der Waals surface area contributed by atoms with Gasteiger partial charge >= 0.3 is 17.9 Å². The van der Waals surface area contributed by atoms with Gasteiger partial charge in [-0.2, -0.15) is 0 Å². The molecule has 0 saturated heterocycles. The Balaban J connectivity index is 4.13. The maximum Gasteiger partial charge on any atom is 0.306 e. The van der Waals surface area contributed by atoms with E-state index >= 15 is 0 Å². The lowest BCUT2D eigenvalue weighted by Crippen LogP contribution is -2.30.